The molecule has 0 atom stereocenters. The number of nitrogens with one attached hydrogen (secondary N) is 1. The molecule has 0 radical (unpaired) electrons. The third-order valence-corrected chi connectivity index (χ3v) is 6.40. The summed E-state index contributed by atoms with van der Waals surface area (Å²) < 4.78 is 3.35. The van der Waals surface area contributed by atoms with Crippen LogP contribution in [0.5, 0.6) is 0 Å². The van der Waals surface area contributed by atoms with E-state index < -0.39 is 0 Å². The van der Waals surface area contributed by atoms with E-state index in [-0.39, 0.29) is 17.2 Å². The molecule has 8 heteroatoms. The maximum Gasteiger partial charge on any atom is 0.282 e. The maximum atomic E-state index is 13.3. The average Bonchev–Trinajstić information content (AvgIpc) is 3.24. The number of rotatable bonds is 8. The first-order valence-electron chi connectivity index (χ1n) is 11.0. The zero-order valence-electron chi connectivity index (χ0n) is 19.0. The fourth-order valence-corrected chi connectivity index (χ4v) is 4.39. The molecule has 2 heterocycles. The Kier molecular flexibility index (Phi) is 6.93. The number of benzene rings is 2. The number of aromatic nitrogens is 4. The lowest BCUT2D eigenvalue weighted by atomic mass is 10.1. The number of anilines is 1. The van der Waals surface area contributed by atoms with Gasteiger partial charge in [-0.3, -0.25) is 18.8 Å². The van der Waals surface area contributed by atoms with Crippen molar-refractivity contribution in [2.45, 2.75) is 45.4 Å². The molecule has 4 rings (SSSR count). The predicted octanol–water partition coefficient (Wildman–Crippen LogP) is 4.20. The third-order valence-electron chi connectivity index (χ3n) is 5.43. The first-order valence-corrected chi connectivity index (χ1v) is 11.9. The summed E-state index contributed by atoms with van der Waals surface area (Å²) in [6, 6.07) is 16.0. The van der Waals surface area contributed by atoms with E-state index >= 15 is 0 Å². The predicted molar refractivity (Wildman–Crippen MR) is 133 cm³/mol. The quantitative estimate of drug-likeness (QED) is 0.314. The highest BCUT2D eigenvalue weighted by molar-refractivity contribution is 7.99. The minimum Gasteiger partial charge on any atom is -0.325 e. The van der Waals surface area contributed by atoms with Crippen molar-refractivity contribution in [2.75, 3.05) is 11.1 Å². The van der Waals surface area contributed by atoms with Crippen LogP contribution in [0, 0.1) is 13.8 Å². The largest absolute Gasteiger partial charge is 0.325 e. The molecule has 0 bridgehead atoms. The molecule has 0 spiro atoms. The van der Waals surface area contributed by atoms with Gasteiger partial charge in [0.15, 0.2) is 10.7 Å². The Morgan fingerprint density at radius 3 is 2.67 bits per heavy atom. The molecule has 0 aliphatic carbocycles. The normalized spacial score (nSPS) is 11.1. The van der Waals surface area contributed by atoms with Gasteiger partial charge in [-0.2, -0.15) is 5.10 Å². The molecule has 2 aromatic carbocycles. The van der Waals surface area contributed by atoms with Gasteiger partial charge in [0, 0.05) is 18.8 Å². The number of aryl methyl sites for hydroxylation is 4. The van der Waals surface area contributed by atoms with Gasteiger partial charge in [-0.05, 0) is 49.9 Å². The lowest BCUT2D eigenvalue weighted by Crippen LogP contribution is -2.25. The fraction of sp³-hybridized carbons (Fsp3) is 0.280. The Morgan fingerprint density at radius 1 is 1.12 bits per heavy atom. The van der Waals surface area contributed by atoms with Crippen LogP contribution in [0.25, 0.3) is 11.0 Å². The summed E-state index contributed by atoms with van der Waals surface area (Å²) >= 11 is 1.27. The zero-order valence-corrected chi connectivity index (χ0v) is 19.9. The van der Waals surface area contributed by atoms with Gasteiger partial charge in [0.25, 0.3) is 5.56 Å². The molecule has 0 aliphatic rings. The van der Waals surface area contributed by atoms with E-state index in [9.17, 15) is 9.59 Å². The molecule has 0 fully saturated rings. The van der Waals surface area contributed by atoms with Crippen molar-refractivity contribution in [3.63, 3.8) is 0 Å². The summed E-state index contributed by atoms with van der Waals surface area (Å²) in [6.07, 6.45) is 2.46. The van der Waals surface area contributed by atoms with Crippen molar-refractivity contribution in [1.82, 2.24) is 19.3 Å². The minimum atomic E-state index is -0.180. The topological polar surface area (TPSA) is 81.8 Å². The molecule has 4 aromatic rings. The number of hydrogen-bond acceptors (Lipinski definition) is 5. The summed E-state index contributed by atoms with van der Waals surface area (Å²) in [5.74, 6) is 0.0142. The Labute approximate surface area is 196 Å². The second kappa shape index (κ2) is 10.0. The molecular formula is C25H27N5O2S. The first-order chi connectivity index (χ1) is 15.9. The van der Waals surface area contributed by atoms with Crippen molar-refractivity contribution in [2.24, 2.45) is 0 Å². The van der Waals surface area contributed by atoms with E-state index in [1.54, 1.807) is 15.4 Å². The summed E-state index contributed by atoms with van der Waals surface area (Å²) in [4.78, 5) is 30.6. The molecule has 7 nitrogen and oxygen atoms in total. The average molecular weight is 462 g/mol. The Bertz CT molecular complexity index is 1340. The van der Waals surface area contributed by atoms with Crippen LogP contribution in [-0.4, -0.2) is 31.0 Å². The Hall–Kier alpha value is -3.39. The highest BCUT2D eigenvalue weighted by atomic mass is 32.2. The van der Waals surface area contributed by atoms with Crippen molar-refractivity contribution < 1.29 is 4.79 Å². The SMILES string of the molecule is CCn1cc2nc(SCC(=O)Nc3cc(C)ccc3C)n(CCc3ccccc3)c(=O)c2n1. The van der Waals surface area contributed by atoms with Crippen LogP contribution in [0.4, 0.5) is 5.69 Å². The van der Waals surface area contributed by atoms with Crippen LogP contribution >= 0.6 is 11.8 Å². The Balaban J connectivity index is 1.58. The van der Waals surface area contributed by atoms with Gasteiger partial charge >= 0.3 is 0 Å². The van der Waals surface area contributed by atoms with Gasteiger partial charge in [-0.25, -0.2) is 4.98 Å². The number of carbonyl (C=O) groups is 1. The van der Waals surface area contributed by atoms with Gasteiger partial charge in [0.2, 0.25) is 5.91 Å². The maximum absolute atomic E-state index is 13.3. The van der Waals surface area contributed by atoms with E-state index in [0.717, 1.165) is 22.4 Å². The van der Waals surface area contributed by atoms with Gasteiger partial charge in [-0.1, -0.05) is 54.2 Å². The molecule has 170 valence electrons. The first kappa shape index (κ1) is 22.8. The summed E-state index contributed by atoms with van der Waals surface area (Å²) in [5, 5.41) is 7.88. The lowest BCUT2D eigenvalue weighted by Gasteiger charge is -2.12. The molecule has 1 amide bonds. The minimum absolute atomic E-state index is 0.137. The van der Waals surface area contributed by atoms with Crippen LogP contribution in [0.1, 0.15) is 23.6 Å². The highest BCUT2D eigenvalue weighted by Crippen LogP contribution is 2.20. The molecule has 1 N–H and O–H groups in total. The van der Waals surface area contributed by atoms with E-state index in [1.807, 2.05) is 69.3 Å². The van der Waals surface area contributed by atoms with E-state index in [4.69, 9.17) is 4.98 Å². The number of fused-ring (bicyclic) bond motifs is 1. The summed E-state index contributed by atoms with van der Waals surface area (Å²) in [7, 11) is 0. The summed E-state index contributed by atoms with van der Waals surface area (Å²) in [5.41, 5.74) is 4.75. The van der Waals surface area contributed by atoms with Gasteiger partial charge in [-0.15, -0.1) is 0 Å². The lowest BCUT2D eigenvalue weighted by molar-refractivity contribution is -0.113. The number of thioether (sulfide) groups is 1. The van der Waals surface area contributed by atoms with Crippen LogP contribution < -0.4 is 10.9 Å². The van der Waals surface area contributed by atoms with Gasteiger partial charge in [0.1, 0.15) is 5.52 Å². The molecule has 0 saturated carbocycles. The van der Waals surface area contributed by atoms with Crippen LogP contribution in [0.2, 0.25) is 0 Å². The number of amides is 1. The Morgan fingerprint density at radius 2 is 1.91 bits per heavy atom. The smallest absolute Gasteiger partial charge is 0.282 e. The van der Waals surface area contributed by atoms with E-state index in [0.29, 0.717) is 35.7 Å². The third kappa shape index (κ3) is 5.34. The van der Waals surface area contributed by atoms with E-state index in [1.165, 1.54) is 11.8 Å². The second-order valence-electron chi connectivity index (χ2n) is 7.96. The molecule has 2 aromatic heterocycles. The molecule has 0 unspecified atom stereocenters. The molecular weight excluding hydrogens is 434 g/mol. The molecule has 0 saturated heterocycles. The highest BCUT2D eigenvalue weighted by Gasteiger charge is 2.16. The monoisotopic (exact) mass is 461 g/mol. The van der Waals surface area contributed by atoms with E-state index in [2.05, 4.69) is 10.4 Å². The number of carbonyl (C=O) groups excluding carboxylic acids is 1. The van der Waals surface area contributed by atoms with Crippen LogP contribution in [0.15, 0.2) is 64.7 Å². The van der Waals surface area contributed by atoms with Crippen molar-refractivity contribution >= 4 is 34.4 Å². The standard InChI is InChI=1S/C25H27N5O2S/c1-4-29-15-21-23(28-29)24(32)30(13-12-19-8-6-5-7-9-19)25(27-21)33-16-22(31)26-20-14-17(2)10-11-18(20)3/h5-11,14-15H,4,12-13,16H2,1-3H3,(H,26,31). The zero-order chi connectivity index (χ0) is 23.4. The molecule has 0 aliphatic heterocycles. The number of hydrogen-bond donors (Lipinski definition) is 1. The van der Waals surface area contributed by atoms with Gasteiger partial charge in [0.05, 0.1) is 11.9 Å². The van der Waals surface area contributed by atoms with Crippen LogP contribution in [-0.2, 0) is 24.3 Å². The van der Waals surface area contributed by atoms with Crippen molar-refractivity contribution in [3.8, 4) is 0 Å². The van der Waals surface area contributed by atoms with Gasteiger partial charge < -0.3 is 5.32 Å². The second-order valence-corrected chi connectivity index (χ2v) is 8.90. The van der Waals surface area contributed by atoms with Crippen molar-refractivity contribution in [1.29, 1.82) is 0 Å². The van der Waals surface area contributed by atoms with Crippen molar-refractivity contribution in [3.05, 3.63) is 81.8 Å². The van der Waals surface area contributed by atoms with Crippen LogP contribution in [0.3, 0.4) is 0 Å². The fourth-order valence-electron chi connectivity index (χ4n) is 3.56. The number of nitrogens with zero attached hydrogens (tertiary/aromatic N) is 4. The molecule has 33 heavy (non-hydrogen) atoms. The summed E-state index contributed by atoms with van der Waals surface area (Å²) in [6.45, 7) is 7.04.